The number of hydrogen-bond acceptors (Lipinski definition) is 4. The standard InChI is InChI=1S/C65H60N4O/c1-63(2,3)49-32-33-66-62(40-49)69-58-31-28-46(44-20-12-9-13-21-44)36-57(58)56-30-29-54(42-61(56)69)70-55-39-51(65(7,8)48-24-16-11-17-25-48)38-53(41-55)68-43-67(59-26-18-19-27-60(59)68)52-35-47(45-22-14-10-15-23-45)34-50(37-52)64(4,5)6/h9-42H,43H2,1-8H3. The van der Waals surface area contributed by atoms with Crippen molar-refractivity contribution in [3.8, 4) is 39.6 Å². The topological polar surface area (TPSA) is 33.5 Å². The van der Waals surface area contributed by atoms with Gasteiger partial charge in [0.1, 0.15) is 24.0 Å². The number of hydrogen-bond donors (Lipinski definition) is 0. The van der Waals surface area contributed by atoms with E-state index in [0.29, 0.717) is 6.67 Å². The van der Waals surface area contributed by atoms with E-state index in [2.05, 4.69) is 270 Å². The number of aromatic nitrogens is 2. The van der Waals surface area contributed by atoms with Crippen molar-refractivity contribution in [3.05, 3.63) is 229 Å². The molecule has 1 aliphatic heterocycles. The molecule has 2 aromatic heterocycles. The summed E-state index contributed by atoms with van der Waals surface area (Å²) >= 11 is 0. The molecule has 0 bridgehead atoms. The number of ether oxygens (including phenoxy) is 1. The van der Waals surface area contributed by atoms with Crippen LogP contribution < -0.4 is 14.5 Å². The summed E-state index contributed by atoms with van der Waals surface area (Å²) in [6, 6.07) is 72.5. The normalized spacial score (nSPS) is 13.0. The fourth-order valence-electron chi connectivity index (χ4n) is 10.1. The van der Waals surface area contributed by atoms with Gasteiger partial charge in [-0.3, -0.25) is 4.57 Å². The van der Waals surface area contributed by atoms with E-state index in [1.807, 2.05) is 6.20 Å². The molecule has 5 nitrogen and oxygen atoms in total. The quantitative estimate of drug-likeness (QED) is 0.144. The van der Waals surface area contributed by atoms with Gasteiger partial charge in [-0.05, 0) is 128 Å². The van der Waals surface area contributed by atoms with Gasteiger partial charge >= 0.3 is 0 Å². The van der Waals surface area contributed by atoms with Gasteiger partial charge in [-0.25, -0.2) is 4.98 Å². The van der Waals surface area contributed by atoms with Crippen LogP contribution in [-0.2, 0) is 16.2 Å². The van der Waals surface area contributed by atoms with Gasteiger partial charge in [0.25, 0.3) is 0 Å². The Bertz CT molecular complexity index is 3540. The van der Waals surface area contributed by atoms with Crippen molar-refractivity contribution >= 4 is 44.6 Å². The number of fused-ring (bicyclic) bond motifs is 4. The van der Waals surface area contributed by atoms with E-state index in [1.54, 1.807) is 0 Å². The molecule has 0 saturated carbocycles. The first-order chi connectivity index (χ1) is 33.7. The zero-order chi connectivity index (χ0) is 48.4. The van der Waals surface area contributed by atoms with E-state index < -0.39 is 0 Å². The molecule has 0 saturated heterocycles. The average molecular weight is 913 g/mol. The summed E-state index contributed by atoms with van der Waals surface area (Å²) in [6.45, 7) is 18.9. The van der Waals surface area contributed by atoms with Gasteiger partial charge in [0.05, 0.1) is 22.4 Å². The third-order valence-electron chi connectivity index (χ3n) is 14.3. The Hall–Kier alpha value is -7.89. The van der Waals surface area contributed by atoms with Gasteiger partial charge in [-0.1, -0.05) is 171 Å². The van der Waals surface area contributed by atoms with Crippen LogP contribution in [0.1, 0.15) is 77.6 Å². The molecular weight excluding hydrogens is 853 g/mol. The smallest absolute Gasteiger partial charge is 0.137 e. The van der Waals surface area contributed by atoms with Crippen LogP contribution >= 0.6 is 0 Å². The molecule has 11 rings (SSSR count). The number of anilines is 4. The second kappa shape index (κ2) is 17.3. The van der Waals surface area contributed by atoms with E-state index in [4.69, 9.17) is 9.72 Å². The number of pyridine rings is 1. The molecule has 0 fully saturated rings. The van der Waals surface area contributed by atoms with Crippen LogP contribution in [0.3, 0.4) is 0 Å². The van der Waals surface area contributed by atoms with Crippen LogP contribution in [-0.4, -0.2) is 16.2 Å². The van der Waals surface area contributed by atoms with Gasteiger partial charge in [0.15, 0.2) is 0 Å². The average Bonchev–Trinajstić information content (AvgIpc) is 3.92. The van der Waals surface area contributed by atoms with E-state index in [0.717, 1.165) is 50.7 Å². The van der Waals surface area contributed by atoms with E-state index >= 15 is 0 Å². The SMILES string of the molecule is CC(C)(C)c1cc(-c2ccccc2)cc(N2CN(c3cc(Oc4ccc5c6cc(-c7ccccc7)ccc6n(-c6cc(C(C)(C)C)ccn6)c5c4)cc(C(C)(C)c4ccccc4)c3)c3ccccc32)c1. The highest BCUT2D eigenvalue weighted by Gasteiger charge is 2.32. The Morgan fingerprint density at radius 2 is 1.00 bits per heavy atom. The minimum Gasteiger partial charge on any atom is -0.457 e. The summed E-state index contributed by atoms with van der Waals surface area (Å²) in [4.78, 5) is 9.91. The largest absolute Gasteiger partial charge is 0.457 e. The predicted molar refractivity (Wildman–Crippen MR) is 294 cm³/mol. The van der Waals surface area contributed by atoms with Gasteiger partial charge in [-0.2, -0.15) is 0 Å². The third-order valence-corrected chi connectivity index (χ3v) is 14.3. The molecule has 0 aliphatic carbocycles. The lowest BCUT2D eigenvalue weighted by molar-refractivity contribution is 0.480. The van der Waals surface area contributed by atoms with Crippen LogP contribution in [0.4, 0.5) is 22.7 Å². The number of benzene rings is 8. The Labute approximate surface area is 413 Å². The number of nitrogens with zero attached hydrogens (tertiary/aromatic N) is 4. The second-order valence-electron chi connectivity index (χ2n) is 21.4. The van der Waals surface area contributed by atoms with Crippen LogP contribution in [0.2, 0.25) is 0 Å². The fourth-order valence-corrected chi connectivity index (χ4v) is 10.1. The molecule has 10 aromatic rings. The molecule has 5 heteroatoms. The minimum absolute atomic E-state index is 0.0441. The van der Waals surface area contributed by atoms with Gasteiger partial charge in [0.2, 0.25) is 0 Å². The molecule has 0 radical (unpaired) electrons. The van der Waals surface area contributed by atoms with Gasteiger partial charge in [-0.15, -0.1) is 0 Å². The molecule has 8 aromatic carbocycles. The van der Waals surface area contributed by atoms with Gasteiger partial charge in [0, 0.05) is 45.9 Å². The molecule has 0 spiro atoms. The van der Waals surface area contributed by atoms with Crippen LogP contribution in [0.5, 0.6) is 11.5 Å². The van der Waals surface area contributed by atoms with Crippen molar-refractivity contribution in [2.24, 2.45) is 0 Å². The summed E-state index contributed by atoms with van der Waals surface area (Å²) in [6.07, 6.45) is 1.94. The first-order valence-electron chi connectivity index (χ1n) is 24.5. The lowest BCUT2D eigenvalue weighted by Gasteiger charge is -2.29. The Morgan fingerprint density at radius 1 is 0.400 bits per heavy atom. The Morgan fingerprint density at radius 3 is 1.66 bits per heavy atom. The maximum absolute atomic E-state index is 7.16. The monoisotopic (exact) mass is 912 g/mol. The molecule has 0 N–H and O–H groups in total. The Kier molecular flexibility index (Phi) is 11.0. The Balaban J connectivity index is 1.05. The summed E-state index contributed by atoms with van der Waals surface area (Å²) in [5.74, 6) is 2.41. The van der Waals surface area contributed by atoms with Crippen molar-refractivity contribution in [2.45, 2.75) is 71.6 Å². The number of para-hydroxylation sites is 2. The van der Waals surface area contributed by atoms with Crippen molar-refractivity contribution in [2.75, 3.05) is 16.5 Å². The van der Waals surface area contributed by atoms with Crippen molar-refractivity contribution in [1.82, 2.24) is 9.55 Å². The molecule has 346 valence electrons. The highest BCUT2D eigenvalue weighted by Crippen LogP contribution is 2.48. The summed E-state index contributed by atoms with van der Waals surface area (Å²) in [5, 5.41) is 2.31. The van der Waals surface area contributed by atoms with Crippen molar-refractivity contribution < 1.29 is 4.74 Å². The van der Waals surface area contributed by atoms with E-state index in [9.17, 15) is 0 Å². The zero-order valence-electron chi connectivity index (χ0n) is 41.5. The summed E-state index contributed by atoms with van der Waals surface area (Å²) < 4.78 is 9.46. The van der Waals surface area contributed by atoms with Crippen LogP contribution in [0.15, 0.2) is 206 Å². The summed E-state index contributed by atoms with van der Waals surface area (Å²) in [7, 11) is 0. The maximum atomic E-state index is 7.16. The van der Waals surface area contributed by atoms with Crippen LogP contribution in [0, 0.1) is 0 Å². The lowest BCUT2D eigenvalue weighted by atomic mass is 9.78. The fraction of sp³-hybridized carbons (Fsp3) is 0.185. The highest BCUT2D eigenvalue weighted by atomic mass is 16.5. The molecule has 0 amide bonds. The minimum atomic E-state index is -0.337. The lowest BCUT2D eigenvalue weighted by Crippen LogP contribution is -2.25. The second-order valence-corrected chi connectivity index (χ2v) is 21.4. The third kappa shape index (κ3) is 8.30. The molecular formula is C65H60N4O. The summed E-state index contributed by atoms with van der Waals surface area (Å²) in [5.41, 5.74) is 16.0. The molecule has 1 aliphatic rings. The maximum Gasteiger partial charge on any atom is 0.137 e. The zero-order valence-corrected chi connectivity index (χ0v) is 41.5. The molecule has 3 heterocycles. The first-order valence-corrected chi connectivity index (χ1v) is 24.5. The predicted octanol–water partition coefficient (Wildman–Crippen LogP) is 17.5. The molecule has 0 unspecified atom stereocenters. The van der Waals surface area contributed by atoms with E-state index in [-0.39, 0.29) is 16.2 Å². The highest BCUT2D eigenvalue weighted by molar-refractivity contribution is 6.10. The molecule has 0 atom stereocenters. The molecule has 70 heavy (non-hydrogen) atoms. The van der Waals surface area contributed by atoms with Gasteiger partial charge < -0.3 is 14.5 Å². The van der Waals surface area contributed by atoms with Crippen LogP contribution in [0.25, 0.3) is 49.9 Å². The van der Waals surface area contributed by atoms with Crippen molar-refractivity contribution in [3.63, 3.8) is 0 Å². The van der Waals surface area contributed by atoms with Crippen molar-refractivity contribution in [1.29, 1.82) is 0 Å². The van der Waals surface area contributed by atoms with E-state index in [1.165, 1.54) is 55.7 Å². The number of rotatable bonds is 9. The first kappa shape index (κ1) is 44.6.